The molecule has 17 heavy (non-hydrogen) atoms. The van der Waals surface area contributed by atoms with Crippen LogP contribution in [0, 0.1) is 0 Å². The van der Waals surface area contributed by atoms with E-state index in [-0.39, 0.29) is 6.04 Å². The maximum Gasteiger partial charge on any atom is 0.0447 e. The Morgan fingerprint density at radius 2 is 2.41 bits per heavy atom. The summed E-state index contributed by atoms with van der Waals surface area (Å²) in [6.45, 7) is 1.83. The van der Waals surface area contributed by atoms with Crippen molar-refractivity contribution in [2.45, 2.75) is 19.0 Å². The number of thiophene rings is 1. The topological polar surface area (TPSA) is 50.9 Å². The summed E-state index contributed by atoms with van der Waals surface area (Å²) in [6, 6.07) is 6.17. The largest absolute Gasteiger partial charge is 0.323 e. The van der Waals surface area contributed by atoms with E-state index in [1.807, 2.05) is 18.3 Å². The molecular weight excluding hydrogens is 230 g/mol. The number of aromatic nitrogens is 1. The summed E-state index contributed by atoms with van der Waals surface area (Å²) in [5, 5.41) is 5.57. The Bertz CT molecular complexity index is 507. The molecule has 2 aromatic heterocycles. The van der Waals surface area contributed by atoms with E-state index in [0.717, 1.165) is 25.2 Å². The Hall–Kier alpha value is -1.23. The number of pyridine rings is 1. The van der Waals surface area contributed by atoms with Crippen LogP contribution in [0.4, 0.5) is 0 Å². The zero-order valence-corrected chi connectivity index (χ0v) is 10.3. The van der Waals surface area contributed by atoms with Crippen LogP contribution in [0.3, 0.4) is 0 Å². The first-order chi connectivity index (χ1) is 8.34. The van der Waals surface area contributed by atoms with Crippen molar-refractivity contribution in [2.75, 3.05) is 6.54 Å². The summed E-state index contributed by atoms with van der Waals surface area (Å²) in [4.78, 5) is 5.76. The Morgan fingerprint density at radius 3 is 3.24 bits per heavy atom. The standard InChI is InChI=1S/C13H15N3S/c14-11-6-15-7-12-13(11)9(8-17-12)5-10-3-1-2-4-16-10/h1-4,8,11,15H,5-7,14H2. The van der Waals surface area contributed by atoms with Gasteiger partial charge in [0, 0.05) is 42.3 Å². The number of nitrogens with two attached hydrogens (primary N) is 1. The van der Waals surface area contributed by atoms with Crippen LogP contribution in [0.2, 0.25) is 0 Å². The third kappa shape index (κ3) is 2.11. The molecular formula is C13H15N3S. The summed E-state index contributed by atoms with van der Waals surface area (Å²) < 4.78 is 0. The fourth-order valence-corrected chi connectivity index (χ4v) is 3.40. The van der Waals surface area contributed by atoms with Gasteiger partial charge in [-0.2, -0.15) is 0 Å². The van der Waals surface area contributed by atoms with Gasteiger partial charge < -0.3 is 11.1 Å². The van der Waals surface area contributed by atoms with Gasteiger partial charge in [0.15, 0.2) is 0 Å². The molecule has 0 aromatic carbocycles. The zero-order valence-electron chi connectivity index (χ0n) is 9.52. The molecule has 0 amide bonds. The molecule has 1 aliphatic heterocycles. The van der Waals surface area contributed by atoms with E-state index in [1.54, 1.807) is 11.3 Å². The molecule has 1 aliphatic rings. The molecule has 88 valence electrons. The Morgan fingerprint density at radius 1 is 1.47 bits per heavy atom. The molecule has 4 heteroatoms. The van der Waals surface area contributed by atoms with Crippen molar-refractivity contribution in [2.24, 2.45) is 5.73 Å². The second-order valence-electron chi connectivity index (χ2n) is 4.33. The monoisotopic (exact) mass is 245 g/mol. The van der Waals surface area contributed by atoms with Crippen molar-refractivity contribution >= 4 is 11.3 Å². The quantitative estimate of drug-likeness (QED) is 0.849. The predicted octanol–water partition coefficient (Wildman–Crippen LogP) is 1.84. The first-order valence-electron chi connectivity index (χ1n) is 5.80. The van der Waals surface area contributed by atoms with Crippen LogP contribution in [0.15, 0.2) is 29.8 Å². The molecule has 3 rings (SSSR count). The maximum atomic E-state index is 6.17. The Kier molecular flexibility index (Phi) is 2.93. The molecule has 0 aliphatic carbocycles. The highest BCUT2D eigenvalue weighted by atomic mass is 32.1. The molecule has 0 saturated carbocycles. The smallest absolute Gasteiger partial charge is 0.0447 e. The van der Waals surface area contributed by atoms with E-state index in [0.29, 0.717) is 0 Å². The molecule has 0 bridgehead atoms. The third-order valence-electron chi connectivity index (χ3n) is 3.11. The fourth-order valence-electron chi connectivity index (χ4n) is 2.31. The number of hydrogen-bond donors (Lipinski definition) is 2. The third-order valence-corrected chi connectivity index (χ3v) is 4.16. The van der Waals surface area contributed by atoms with Crippen LogP contribution < -0.4 is 11.1 Å². The zero-order chi connectivity index (χ0) is 11.7. The lowest BCUT2D eigenvalue weighted by molar-refractivity contribution is 0.559. The summed E-state index contributed by atoms with van der Waals surface area (Å²) in [6.07, 6.45) is 2.73. The number of hydrogen-bond acceptors (Lipinski definition) is 4. The highest BCUT2D eigenvalue weighted by Crippen LogP contribution is 2.31. The van der Waals surface area contributed by atoms with Gasteiger partial charge in [0.05, 0.1) is 0 Å². The van der Waals surface area contributed by atoms with Crippen molar-refractivity contribution in [1.29, 1.82) is 0 Å². The van der Waals surface area contributed by atoms with Crippen molar-refractivity contribution < 1.29 is 0 Å². The van der Waals surface area contributed by atoms with E-state index < -0.39 is 0 Å². The first kappa shape index (κ1) is 10.9. The van der Waals surface area contributed by atoms with Gasteiger partial charge in [-0.05, 0) is 28.6 Å². The number of nitrogens with zero attached hydrogens (tertiary/aromatic N) is 1. The van der Waals surface area contributed by atoms with Gasteiger partial charge in [-0.3, -0.25) is 4.98 Å². The van der Waals surface area contributed by atoms with E-state index in [9.17, 15) is 0 Å². The molecule has 0 fully saturated rings. The summed E-state index contributed by atoms with van der Waals surface area (Å²) >= 11 is 1.80. The SMILES string of the molecule is NC1CNCc2scc(Cc3ccccn3)c21. The lowest BCUT2D eigenvalue weighted by Crippen LogP contribution is -2.32. The minimum absolute atomic E-state index is 0.128. The van der Waals surface area contributed by atoms with E-state index in [2.05, 4.69) is 21.7 Å². The van der Waals surface area contributed by atoms with Crippen LogP contribution in [-0.4, -0.2) is 11.5 Å². The number of nitrogens with one attached hydrogen (secondary N) is 1. The number of fused-ring (bicyclic) bond motifs is 1. The van der Waals surface area contributed by atoms with Gasteiger partial charge in [0.25, 0.3) is 0 Å². The van der Waals surface area contributed by atoms with Crippen LogP contribution in [-0.2, 0) is 13.0 Å². The van der Waals surface area contributed by atoms with Gasteiger partial charge >= 0.3 is 0 Å². The fraction of sp³-hybridized carbons (Fsp3) is 0.308. The average molecular weight is 245 g/mol. The molecule has 0 spiro atoms. The van der Waals surface area contributed by atoms with Crippen molar-refractivity contribution in [3.63, 3.8) is 0 Å². The van der Waals surface area contributed by atoms with Gasteiger partial charge in [0.1, 0.15) is 0 Å². The minimum Gasteiger partial charge on any atom is -0.323 e. The highest BCUT2D eigenvalue weighted by Gasteiger charge is 2.21. The van der Waals surface area contributed by atoms with Crippen LogP contribution >= 0.6 is 11.3 Å². The second kappa shape index (κ2) is 4.56. The predicted molar refractivity (Wildman–Crippen MR) is 70.0 cm³/mol. The molecule has 2 aromatic rings. The van der Waals surface area contributed by atoms with Crippen molar-refractivity contribution in [1.82, 2.24) is 10.3 Å². The molecule has 0 radical (unpaired) electrons. The molecule has 1 unspecified atom stereocenters. The normalized spacial score (nSPS) is 19.0. The van der Waals surface area contributed by atoms with E-state index in [4.69, 9.17) is 5.73 Å². The van der Waals surface area contributed by atoms with Crippen molar-refractivity contribution in [3.8, 4) is 0 Å². The molecule has 1 atom stereocenters. The Balaban J connectivity index is 1.92. The lowest BCUT2D eigenvalue weighted by atomic mass is 9.97. The molecule has 3 heterocycles. The molecule has 3 N–H and O–H groups in total. The second-order valence-corrected chi connectivity index (χ2v) is 5.30. The average Bonchev–Trinajstić information content (AvgIpc) is 2.75. The minimum atomic E-state index is 0.128. The summed E-state index contributed by atoms with van der Waals surface area (Å²) in [5.74, 6) is 0. The van der Waals surface area contributed by atoms with Gasteiger partial charge in [-0.15, -0.1) is 11.3 Å². The van der Waals surface area contributed by atoms with Crippen LogP contribution in [0.1, 0.15) is 27.7 Å². The number of rotatable bonds is 2. The molecule has 0 saturated heterocycles. The first-order valence-corrected chi connectivity index (χ1v) is 6.68. The summed E-state index contributed by atoms with van der Waals surface area (Å²) in [5.41, 5.74) is 9.97. The van der Waals surface area contributed by atoms with Crippen LogP contribution in [0.5, 0.6) is 0 Å². The van der Waals surface area contributed by atoms with Gasteiger partial charge in [-0.25, -0.2) is 0 Å². The highest BCUT2D eigenvalue weighted by molar-refractivity contribution is 7.10. The van der Waals surface area contributed by atoms with E-state index in [1.165, 1.54) is 16.0 Å². The van der Waals surface area contributed by atoms with Crippen molar-refractivity contribution in [3.05, 3.63) is 51.5 Å². The molecule has 3 nitrogen and oxygen atoms in total. The van der Waals surface area contributed by atoms with Gasteiger partial charge in [0.2, 0.25) is 0 Å². The lowest BCUT2D eigenvalue weighted by Gasteiger charge is -2.21. The van der Waals surface area contributed by atoms with Gasteiger partial charge in [-0.1, -0.05) is 6.07 Å². The Labute approximate surface area is 105 Å². The summed E-state index contributed by atoms with van der Waals surface area (Å²) in [7, 11) is 0. The van der Waals surface area contributed by atoms with Crippen LogP contribution in [0.25, 0.3) is 0 Å². The maximum absolute atomic E-state index is 6.17. The van der Waals surface area contributed by atoms with E-state index >= 15 is 0 Å².